The van der Waals surface area contributed by atoms with Crippen molar-refractivity contribution in [3.63, 3.8) is 0 Å². The van der Waals surface area contributed by atoms with Gasteiger partial charge < -0.3 is 19.6 Å². The molecule has 118 valence electrons. The molecule has 0 bridgehead atoms. The van der Waals surface area contributed by atoms with Crippen LogP contribution in [0, 0.1) is 0 Å². The largest absolute Gasteiger partial charge is 0.503 e. The Morgan fingerprint density at radius 1 is 1.26 bits per heavy atom. The molecule has 0 amide bonds. The number of methoxy groups -OCH3 is 2. The molecule has 1 heterocycles. The molecule has 23 heavy (non-hydrogen) atoms. The Kier molecular flexibility index (Phi) is 3.96. The fourth-order valence-electron chi connectivity index (χ4n) is 2.26. The van der Waals surface area contributed by atoms with Crippen molar-refractivity contribution in [2.24, 2.45) is 0 Å². The number of hydrogen-bond acceptors (Lipinski definition) is 5. The highest BCUT2D eigenvalue weighted by molar-refractivity contribution is 9.10. The van der Waals surface area contributed by atoms with Crippen LogP contribution < -0.4 is 4.74 Å². The van der Waals surface area contributed by atoms with E-state index in [4.69, 9.17) is 9.47 Å². The monoisotopic (exact) mass is 376 g/mol. The molecule has 0 radical (unpaired) electrons. The van der Waals surface area contributed by atoms with Crippen molar-refractivity contribution in [1.82, 2.24) is 9.97 Å². The first-order chi connectivity index (χ1) is 11.0. The Hall–Kier alpha value is -2.54. The van der Waals surface area contributed by atoms with Crippen LogP contribution in [0.3, 0.4) is 0 Å². The summed E-state index contributed by atoms with van der Waals surface area (Å²) in [7, 11) is 2.82. The highest BCUT2D eigenvalue weighted by Crippen LogP contribution is 2.38. The number of H-pyrrole nitrogens is 1. The molecule has 1 aromatic heterocycles. The van der Waals surface area contributed by atoms with Crippen LogP contribution in [0.25, 0.3) is 22.4 Å². The number of fused-ring (bicyclic) bond motifs is 1. The van der Waals surface area contributed by atoms with Gasteiger partial charge in [-0.1, -0.05) is 0 Å². The maximum Gasteiger partial charge on any atom is 0.337 e. The summed E-state index contributed by atoms with van der Waals surface area (Å²) in [5, 5.41) is 9.88. The van der Waals surface area contributed by atoms with E-state index in [0.717, 1.165) is 11.1 Å². The molecule has 6 nitrogen and oxygen atoms in total. The van der Waals surface area contributed by atoms with Gasteiger partial charge >= 0.3 is 5.97 Å². The van der Waals surface area contributed by atoms with Crippen LogP contribution in [-0.2, 0) is 4.74 Å². The summed E-state index contributed by atoms with van der Waals surface area (Å²) >= 11 is 3.29. The summed E-state index contributed by atoms with van der Waals surface area (Å²) in [6, 6.07) is 8.50. The molecule has 0 spiro atoms. The highest BCUT2D eigenvalue weighted by Gasteiger charge is 2.14. The number of ether oxygens (including phenoxy) is 2. The predicted octanol–water partition coefficient (Wildman–Crippen LogP) is 3.49. The lowest BCUT2D eigenvalue weighted by molar-refractivity contribution is 0.0601. The van der Waals surface area contributed by atoms with Crippen LogP contribution in [0.2, 0.25) is 0 Å². The molecule has 2 aromatic carbocycles. The van der Waals surface area contributed by atoms with Crippen LogP contribution in [0.4, 0.5) is 0 Å². The fraction of sp³-hybridized carbons (Fsp3) is 0.125. The van der Waals surface area contributed by atoms with Gasteiger partial charge in [0.05, 0.1) is 35.3 Å². The van der Waals surface area contributed by atoms with E-state index < -0.39 is 5.97 Å². The number of phenols is 1. The minimum Gasteiger partial charge on any atom is -0.503 e. The van der Waals surface area contributed by atoms with Crippen LogP contribution in [0.1, 0.15) is 10.4 Å². The van der Waals surface area contributed by atoms with Gasteiger partial charge in [-0.2, -0.15) is 0 Å². The zero-order valence-corrected chi connectivity index (χ0v) is 14.0. The first kappa shape index (κ1) is 15.4. The molecule has 0 saturated heterocycles. The number of aromatic amines is 1. The van der Waals surface area contributed by atoms with Gasteiger partial charge in [-0.15, -0.1) is 0 Å². The number of halogens is 1. The molecule has 0 aliphatic heterocycles. The molecule has 0 fully saturated rings. The van der Waals surface area contributed by atoms with Crippen molar-refractivity contribution in [2.45, 2.75) is 0 Å². The van der Waals surface area contributed by atoms with Crippen molar-refractivity contribution in [1.29, 1.82) is 0 Å². The normalized spacial score (nSPS) is 10.7. The van der Waals surface area contributed by atoms with Crippen LogP contribution in [0.15, 0.2) is 34.8 Å². The second-order valence-corrected chi connectivity index (χ2v) is 5.67. The molecular formula is C16H13BrN2O4. The van der Waals surface area contributed by atoms with E-state index in [0.29, 0.717) is 27.1 Å². The lowest BCUT2D eigenvalue weighted by atomic mass is 10.2. The van der Waals surface area contributed by atoms with Crippen molar-refractivity contribution in [3.8, 4) is 22.9 Å². The van der Waals surface area contributed by atoms with Gasteiger partial charge in [0.1, 0.15) is 5.82 Å². The fourth-order valence-corrected chi connectivity index (χ4v) is 2.70. The Labute approximate surface area is 140 Å². The van der Waals surface area contributed by atoms with Gasteiger partial charge in [-0.05, 0) is 46.3 Å². The summed E-state index contributed by atoms with van der Waals surface area (Å²) in [6.07, 6.45) is 0. The molecule has 0 atom stereocenters. The number of nitrogens with one attached hydrogen (secondary N) is 1. The summed E-state index contributed by atoms with van der Waals surface area (Å²) in [6.45, 7) is 0. The summed E-state index contributed by atoms with van der Waals surface area (Å²) < 4.78 is 10.4. The second-order valence-electron chi connectivity index (χ2n) is 4.82. The maximum absolute atomic E-state index is 11.6. The number of carbonyl (C=O) groups is 1. The van der Waals surface area contributed by atoms with Gasteiger partial charge in [-0.3, -0.25) is 0 Å². The first-order valence-electron chi connectivity index (χ1n) is 6.68. The summed E-state index contributed by atoms with van der Waals surface area (Å²) in [5.41, 5.74) is 2.61. The van der Waals surface area contributed by atoms with Crippen molar-refractivity contribution < 1.29 is 19.4 Å². The van der Waals surface area contributed by atoms with Gasteiger partial charge in [0, 0.05) is 5.56 Å². The van der Waals surface area contributed by atoms with Crippen LogP contribution >= 0.6 is 15.9 Å². The molecule has 0 saturated carbocycles. The Morgan fingerprint density at radius 2 is 2.04 bits per heavy atom. The third kappa shape index (κ3) is 2.75. The van der Waals surface area contributed by atoms with Crippen molar-refractivity contribution >= 4 is 32.9 Å². The number of carbonyl (C=O) groups excluding carboxylic acids is 1. The van der Waals surface area contributed by atoms with Gasteiger partial charge in [0.15, 0.2) is 11.5 Å². The average Bonchev–Trinajstić information content (AvgIpc) is 2.99. The van der Waals surface area contributed by atoms with Crippen molar-refractivity contribution in [3.05, 3.63) is 40.4 Å². The molecule has 7 heteroatoms. The number of phenolic OH excluding ortho intramolecular Hbond substituents is 1. The van der Waals surface area contributed by atoms with E-state index in [2.05, 4.69) is 25.9 Å². The molecule has 2 N–H and O–H groups in total. The molecular weight excluding hydrogens is 364 g/mol. The lowest BCUT2D eigenvalue weighted by Crippen LogP contribution is -2.00. The maximum atomic E-state index is 11.6. The number of benzene rings is 2. The number of imidazole rings is 1. The predicted molar refractivity (Wildman–Crippen MR) is 88.8 cm³/mol. The van der Waals surface area contributed by atoms with Gasteiger partial charge in [0.2, 0.25) is 0 Å². The molecule has 0 unspecified atom stereocenters. The number of aromatic nitrogens is 2. The van der Waals surface area contributed by atoms with Crippen LogP contribution in [-0.4, -0.2) is 35.3 Å². The quantitative estimate of drug-likeness (QED) is 0.683. The molecule has 3 aromatic rings. The topological polar surface area (TPSA) is 84.4 Å². The smallest absolute Gasteiger partial charge is 0.337 e. The third-order valence-corrected chi connectivity index (χ3v) is 4.03. The number of aromatic hydroxyl groups is 1. The van der Waals surface area contributed by atoms with E-state index >= 15 is 0 Å². The number of hydrogen-bond donors (Lipinski definition) is 2. The minimum absolute atomic E-state index is 0.0281. The van der Waals surface area contributed by atoms with Gasteiger partial charge in [0.25, 0.3) is 0 Å². The number of rotatable bonds is 3. The Morgan fingerprint density at radius 3 is 2.74 bits per heavy atom. The van der Waals surface area contributed by atoms with E-state index in [-0.39, 0.29) is 5.75 Å². The minimum atomic E-state index is -0.405. The zero-order valence-electron chi connectivity index (χ0n) is 12.4. The second kappa shape index (κ2) is 5.92. The van der Waals surface area contributed by atoms with Gasteiger partial charge in [-0.25, -0.2) is 9.78 Å². The highest BCUT2D eigenvalue weighted by atomic mass is 79.9. The summed E-state index contributed by atoms with van der Waals surface area (Å²) in [5.74, 6) is 0.559. The molecule has 0 aliphatic rings. The molecule has 3 rings (SSSR count). The number of nitrogens with zero attached hydrogens (tertiary/aromatic N) is 1. The van der Waals surface area contributed by atoms with E-state index in [1.807, 2.05) is 0 Å². The SMILES string of the molecule is COC(=O)c1ccc2nc(-c3cc(Br)c(O)c(OC)c3)[nH]c2c1. The average molecular weight is 377 g/mol. The van der Waals surface area contributed by atoms with E-state index in [9.17, 15) is 9.90 Å². The standard InChI is InChI=1S/C16H13BrN2O4/c1-22-13-7-9(5-10(17)14(13)20)15-18-11-4-3-8(16(21)23-2)6-12(11)19-15/h3-7,20H,1-2H3,(H,18,19). The number of esters is 1. The third-order valence-electron chi connectivity index (χ3n) is 3.42. The first-order valence-corrected chi connectivity index (χ1v) is 7.47. The van der Waals surface area contributed by atoms with Crippen molar-refractivity contribution in [2.75, 3.05) is 14.2 Å². The molecule has 0 aliphatic carbocycles. The Balaban J connectivity index is 2.10. The van der Waals surface area contributed by atoms with E-state index in [1.165, 1.54) is 14.2 Å². The lowest BCUT2D eigenvalue weighted by Gasteiger charge is -2.07. The zero-order chi connectivity index (χ0) is 16.6. The van der Waals surface area contributed by atoms with Crippen LogP contribution in [0.5, 0.6) is 11.5 Å². The van der Waals surface area contributed by atoms with E-state index in [1.54, 1.807) is 30.3 Å². The Bertz CT molecular complexity index is 904. The summed E-state index contributed by atoms with van der Waals surface area (Å²) in [4.78, 5) is 19.2.